The maximum absolute atomic E-state index is 13.7. The number of fused-ring (bicyclic) bond motifs is 1. The van der Waals surface area contributed by atoms with Gasteiger partial charge in [0.1, 0.15) is 5.01 Å². The molecule has 1 aliphatic rings. The van der Waals surface area contributed by atoms with Gasteiger partial charge in [0.2, 0.25) is 0 Å². The van der Waals surface area contributed by atoms with Crippen molar-refractivity contribution >= 4 is 17.1 Å². The minimum absolute atomic E-state index is 0.0633. The molecule has 0 atom stereocenters. The summed E-state index contributed by atoms with van der Waals surface area (Å²) in [6.45, 7) is 4.11. The minimum atomic E-state index is -0.402. The van der Waals surface area contributed by atoms with Gasteiger partial charge in [0.05, 0.1) is 16.8 Å². The maximum Gasteiger partial charge on any atom is 0.175 e. The second-order valence-electron chi connectivity index (χ2n) is 5.59. The summed E-state index contributed by atoms with van der Waals surface area (Å²) in [6, 6.07) is 1.59. The van der Waals surface area contributed by atoms with E-state index in [4.69, 9.17) is 0 Å². The standard InChI is InChI=1S/C14H13FN2OS/c1-14(2)5-10-12(11(18)6-14)19-13(17-10)8-3-4-16-7-9(8)15/h3-4,7H,5-6H2,1-2H3. The first-order chi connectivity index (χ1) is 8.96. The van der Waals surface area contributed by atoms with E-state index in [9.17, 15) is 9.18 Å². The molecular formula is C14H13FN2OS. The Morgan fingerprint density at radius 2 is 2.16 bits per heavy atom. The summed E-state index contributed by atoms with van der Waals surface area (Å²) >= 11 is 1.28. The van der Waals surface area contributed by atoms with E-state index in [0.717, 1.165) is 12.1 Å². The van der Waals surface area contributed by atoms with Crippen LogP contribution < -0.4 is 0 Å². The zero-order valence-corrected chi connectivity index (χ0v) is 11.6. The molecule has 3 nitrogen and oxygen atoms in total. The van der Waals surface area contributed by atoms with Crippen LogP contribution >= 0.6 is 11.3 Å². The Morgan fingerprint density at radius 1 is 1.37 bits per heavy atom. The number of halogens is 1. The van der Waals surface area contributed by atoms with Crippen molar-refractivity contribution in [2.24, 2.45) is 5.41 Å². The fourth-order valence-electron chi connectivity index (χ4n) is 2.38. The Kier molecular flexibility index (Phi) is 2.74. The number of Topliss-reactive ketones (excluding diaryl/α,β-unsaturated/α-hetero) is 1. The maximum atomic E-state index is 13.7. The molecule has 0 aromatic carbocycles. The van der Waals surface area contributed by atoms with Crippen molar-refractivity contribution in [2.45, 2.75) is 26.7 Å². The molecule has 0 N–H and O–H groups in total. The van der Waals surface area contributed by atoms with Crippen LogP contribution in [0, 0.1) is 11.2 Å². The van der Waals surface area contributed by atoms with Crippen molar-refractivity contribution in [1.29, 1.82) is 0 Å². The molecule has 2 aromatic rings. The van der Waals surface area contributed by atoms with Crippen molar-refractivity contribution in [1.82, 2.24) is 9.97 Å². The Balaban J connectivity index is 2.09. The second-order valence-corrected chi connectivity index (χ2v) is 6.59. The summed E-state index contributed by atoms with van der Waals surface area (Å²) in [4.78, 5) is 21.0. The minimum Gasteiger partial charge on any atom is -0.293 e. The molecule has 0 amide bonds. The number of carbonyl (C=O) groups is 1. The first-order valence-corrected chi connectivity index (χ1v) is 6.91. The number of nitrogens with zero attached hydrogens (tertiary/aromatic N) is 2. The van der Waals surface area contributed by atoms with E-state index < -0.39 is 5.82 Å². The molecule has 2 aromatic heterocycles. The van der Waals surface area contributed by atoms with Crippen molar-refractivity contribution in [3.8, 4) is 10.6 Å². The third-order valence-corrected chi connectivity index (χ3v) is 4.41. The molecular weight excluding hydrogens is 263 g/mol. The van der Waals surface area contributed by atoms with Gasteiger partial charge in [-0.2, -0.15) is 0 Å². The highest BCUT2D eigenvalue weighted by molar-refractivity contribution is 7.17. The van der Waals surface area contributed by atoms with Crippen LogP contribution in [0.25, 0.3) is 10.6 Å². The van der Waals surface area contributed by atoms with Crippen LogP contribution in [0.15, 0.2) is 18.5 Å². The summed E-state index contributed by atoms with van der Waals surface area (Å²) in [7, 11) is 0. The summed E-state index contributed by atoms with van der Waals surface area (Å²) in [5.74, 6) is -0.287. The van der Waals surface area contributed by atoms with Crippen molar-refractivity contribution in [3.63, 3.8) is 0 Å². The molecule has 19 heavy (non-hydrogen) atoms. The van der Waals surface area contributed by atoms with E-state index in [1.54, 1.807) is 6.07 Å². The van der Waals surface area contributed by atoms with Gasteiger partial charge >= 0.3 is 0 Å². The first-order valence-electron chi connectivity index (χ1n) is 6.09. The predicted octanol–water partition coefficient (Wildman–Crippen LogP) is 3.50. The third kappa shape index (κ3) is 2.18. The van der Waals surface area contributed by atoms with Crippen LogP contribution in [0.4, 0.5) is 4.39 Å². The van der Waals surface area contributed by atoms with Gasteiger partial charge in [-0.1, -0.05) is 13.8 Å². The smallest absolute Gasteiger partial charge is 0.175 e. The van der Waals surface area contributed by atoms with Gasteiger partial charge in [0.15, 0.2) is 11.6 Å². The lowest BCUT2D eigenvalue weighted by Crippen LogP contribution is -2.25. The Hall–Kier alpha value is -1.62. The lowest BCUT2D eigenvalue weighted by molar-refractivity contribution is 0.0916. The highest BCUT2D eigenvalue weighted by atomic mass is 32.1. The number of ketones is 1. The van der Waals surface area contributed by atoms with Crippen molar-refractivity contribution in [3.05, 3.63) is 34.8 Å². The Bertz CT molecular complexity index is 663. The van der Waals surface area contributed by atoms with E-state index in [0.29, 0.717) is 21.9 Å². The van der Waals surface area contributed by atoms with Gasteiger partial charge in [-0.25, -0.2) is 9.37 Å². The number of carbonyl (C=O) groups excluding carboxylic acids is 1. The van der Waals surface area contributed by atoms with E-state index >= 15 is 0 Å². The lowest BCUT2D eigenvalue weighted by atomic mass is 9.78. The molecule has 3 rings (SSSR count). The highest BCUT2D eigenvalue weighted by Gasteiger charge is 2.34. The molecule has 0 bridgehead atoms. The fraction of sp³-hybridized carbons (Fsp3) is 0.357. The third-order valence-electron chi connectivity index (χ3n) is 3.24. The van der Waals surface area contributed by atoms with Gasteiger partial charge in [-0.3, -0.25) is 9.78 Å². The van der Waals surface area contributed by atoms with Gasteiger partial charge in [0, 0.05) is 18.2 Å². The SMILES string of the molecule is CC1(C)CC(=O)c2sc(-c3ccncc3F)nc2C1. The normalized spacial score (nSPS) is 17.3. The van der Waals surface area contributed by atoms with Crippen molar-refractivity contribution in [2.75, 3.05) is 0 Å². The number of pyridine rings is 1. The monoisotopic (exact) mass is 276 g/mol. The Labute approximate surface area is 114 Å². The molecule has 0 saturated carbocycles. The quantitative estimate of drug-likeness (QED) is 0.800. The van der Waals surface area contributed by atoms with E-state index in [2.05, 4.69) is 23.8 Å². The summed E-state index contributed by atoms with van der Waals surface area (Å²) in [5, 5.41) is 0.566. The highest BCUT2D eigenvalue weighted by Crippen LogP contribution is 2.39. The largest absolute Gasteiger partial charge is 0.293 e. The number of hydrogen-bond acceptors (Lipinski definition) is 4. The van der Waals surface area contributed by atoms with Crippen LogP contribution in [-0.2, 0) is 6.42 Å². The van der Waals surface area contributed by atoms with E-state index in [1.807, 2.05) is 0 Å². The summed E-state index contributed by atoms with van der Waals surface area (Å²) in [5.41, 5.74) is 1.16. The molecule has 98 valence electrons. The number of rotatable bonds is 1. The van der Waals surface area contributed by atoms with E-state index in [1.165, 1.54) is 23.7 Å². The molecule has 0 unspecified atom stereocenters. The molecule has 5 heteroatoms. The molecule has 0 radical (unpaired) electrons. The molecule has 0 aliphatic heterocycles. The van der Waals surface area contributed by atoms with Gasteiger partial charge < -0.3 is 0 Å². The lowest BCUT2D eigenvalue weighted by Gasteiger charge is -2.26. The van der Waals surface area contributed by atoms with Crippen LogP contribution in [-0.4, -0.2) is 15.8 Å². The van der Waals surface area contributed by atoms with Gasteiger partial charge in [-0.05, 0) is 17.9 Å². The predicted molar refractivity (Wildman–Crippen MR) is 71.7 cm³/mol. The molecule has 0 saturated heterocycles. The van der Waals surface area contributed by atoms with Gasteiger partial charge in [0.25, 0.3) is 0 Å². The second kappa shape index (κ2) is 4.20. The molecule has 1 aliphatic carbocycles. The summed E-state index contributed by atoms with van der Waals surface area (Å²) in [6.07, 6.45) is 3.99. The van der Waals surface area contributed by atoms with Crippen LogP contribution in [0.1, 0.15) is 35.6 Å². The zero-order valence-electron chi connectivity index (χ0n) is 10.7. The average Bonchev–Trinajstić information content (AvgIpc) is 2.71. The van der Waals surface area contributed by atoms with Crippen LogP contribution in [0.3, 0.4) is 0 Å². The topological polar surface area (TPSA) is 42.9 Å². The molecule has 0 fully saturated rings. The first kappa shape index (κ1) is 12.4. The van der Waals surface area contributed by atoms with Crippen molar-refractivity contribution < 1.29 is 9.18 Å². The Morgan fingerprint density at radius 3 is 2.89 bits per heavy atom. The average molecular weight is 276 g/mol. The van der Waals surface area contributed by atoms with E-state index in [-0.39, 0.29) is 11.2 Å². The number of aromatic nitrogens is 2. The van der Waals surface area contributed by atoms with Gasteiger partial charge in [-0.15, -0.1) is 11.3 Å². The van der Waals surface area contributed by atoms with Crippen LogP contribution in [0.2, 0.25) is 0 Å². The summed E-state index contributed by atoms with van der Waals surface area (Å²) < 4.78 is 13.7. The molecule has 0 spiro atoms. The number of thiazole rings is 1. The fourth-order valence-corrected chi connectivity index (χ4v) is 3.43. The van der Waals surface area contributed by atoms with Crippen LogP contribution in [0.5, 0.6) is 0 Å². The molecule has 2 heterocycles. The number of hydrogen-bond donors (Lipinski definition) is 0. The zero-order chi connectivity index (χ0) is 13.6.